The van der Waals surface area contributed by atoms with Gasteiger partial charge in [0.2, 0.25) is 0 Å². The number of rotatable bonds is 5. The second kappa shape index (κ2) is 6.23. The summed E-state index contributed by atoms with van der Waals surface area (Å²) in [6, 6.07) is 10.9. The number of ether oxygens (including phenoxy) is 1. The van der Waals surface area contributed by atoms with Gasteiger partial charge in [0, 0.05) is 6.07 Å². The Bertz CT molecular complexity index is 703. The van der Waals surface area contributed by atoms with Gasteiger partial charge in [0.1, 0.15) is 17.4 Å². The molecule has 21 heavy (non-hydrogen) atoms. The van der Waals surface area contributed by atoms with Gasteiger partial charge in [-0.25, -0.2) is 0 Å². The minimum absolute atomic E-state index is 0.0567. The van der Waals surface area contributed by atoms with Crippen molar-refractivity contribution in [3.05, 3.63) is 68.7 Å². The largest absolute Gasteiger partial charge is 0.488 e. The van der Waals surface area contributed by atoms with Crippen molar-refractivity contribution in [1.82, 2.24) is 0 Å². The van der Waals surface area contributed by atoms with Crippen LogP contribution >= 0.6 is 11.6 Å². The fourth-order valence-corrected chi connectivity index (χ4v) is 1.93. The van der Waals surface area contributed by atoms with Crippen molar-refractivity contribution in [3.8, 4) is 5.75 Å². The number of benzene rings is 2. The first kappa shape index (κ1) is 14.8. The fraction of sp³-hybridized carbons (Fsp3) is 0.0714. The van der Waals surface area contributed by atoms with Crippen LogP contribution in [0.15, 0.2) is 42.5 Å². The smallest absolute Gasteiger partial charge is 0.288 e. The van der Waals surface area contributed by atoms with Crippen LogP contribution in [0.1, 0.15) is 15.9 Å². The van der Waals surface area contributed by atoms with Gasteiger partial charge in [0.15, 0.2) is 0 Å². The lowest BCUT2D eigenvalue weighted by atomic mass is 10.2. The number of primary amides is 1. The summed E-state index contributed by atoms with van der Waals surface area (Å²) in [7, 11) is 0. The van der Waals surface area contributed by atoms with Gasteiger partial charge in [-0.05, 0) is 23.8 Å². The van der Waals surface area contributed by atoms with E-state index in [0.29, 0.717) is 11.3 Å². The number of carbonyl (C=O) groups is 1. The van der Waals surface area contributed by atoms with Crippen LogP contribution in [0.2, 0.25) is 5.02 Å². The van der Waals surface area contributed by atoms with E-state index in [1.807, 2.05) is 0 Å². The highest BCUT2D eigenvalue weighted by atomic mass is 35.5. The van der Waals surface area contributed by atoms with Gasteiger partial charge in [-0.1, -0.05) is 29.8 Å². The van der Waals surface area contributed by atoms with E-state index in [9.17, 15) is 14.9 Å². The molecule has 0 heterocycles. The van der Waals surface area contributed by atoms with Gasteiger partial charge in [-0.15, -0.1) is 0 Å². The lowest BCUT2D eigenvalue weighted by molar-refractivity contribution is -0.384. The summed E-state index contributed by atoms with van der Waals surface area (Å²) >= 11 is 5.73. The Hall–Kier alpha value is -2.60. The first-order valence-electron chi connectivity index (χ1n) is 5.93. The van der Waals surface area contributed by atoms with E-state index in [2.05, 4.69) is 0 Å². The number of nitro benzene ring substituents is 1. The third-order valence-corrected chi connectivity index (χ3v) is 3.07. The molecular formula is C14H11ClN2O4. The highest BCUT2D eigenvalue weighted by molar-refractivity contribution is 6.32. The van der Waals surface area contributed by atoms with Gasteiger partial charge < -0.3 is 10.5 Å². The molecule has 0 fully saturated rings. The summed E-state index contributed by atoms with van der Waals surface area (Å²) < 4.78 is 5.49. The van der Waals surface area contributed by atoms with Crippen LogP contribution in [0, 0.1) is 10.1 Å². The SMILES string of the molecule is NC(=O)c1ccccc1OCc1ccc(Cl)c([N+](=O)[O-])c1. The molecule has 2 aromatic carbocycles. The third kappa shape index (κ3) is 3.49. The first-order chi connectivity index (χ1) is 9.99. The third-order valence-electron chi connectivity index (χ3n) is 2.75. The monoisotopic (exact) mass is 306 g/mol. The average Bonchev–Trinajstić information content (AvgIpc) is 2.46. The highest BCUT2D eigenvalue weighted by Gasteiger charge is 2.14. The number of halogens is 1. The molecule has 0 aliphatic heterocycles. The maximum Gasteiger partial charge on any atom is 0.288 e. The van der Waals surface area contributed by atoms with Gasteiger partial charge in [-0.3, -0.25) is 14.9 Å². The molecule has 0 saturated carbocycles. The molecule has 7 heteroatoms. The zero-order chi connectivity index (χ0) is 15.4. The molecule has 0 unspecified atom stereocenters. The quantitative estimate of drug-likeness (QED) is 0.678. The lowest BCUT2D eigenvalue weighted by Crippen LogP contribution is -2.12. The topological polar surface area (TPSA) is 95.5 Å². The van der Waals surface area contributed by atoms with Crippen molar-refractivity contribution in [1.29, 1.82) is 0 Å². The molecule has 0 atom stereocenters. The van der Waals surface area contributed by atoms with Crippen molar-refractivity contribution in [3.63, 3.8) is 0 Å². The summed E-state index contributed by atoms with van der Waals surface area (Å²) in [6.07, 6.45) is 0. The van der Waals surface area contributed by atoms with Gasteiger partial charge in [-0.2, -0.15) is 0 Å². The van der Waals surface area contributed by atoms with E-state index in [-0.39, 0.29) is 22.9 Å². The minimum atomic E-state index is -0.604. The van der Waals surface area contributed by atoms with Gasteiger partial charge in [0.25, 0.3) is 11.6 Å². The Morgan fingerprint density at radius 2 is 2.00 bits per heavy atom. The van der Waals surface area contributed by atoms with Gasteiger partial charge >= 0.3 is 0 Å². The van der Waals surface area contributed by atoms with Crippen LogP contribution in [0.3, 0.4) is 0 Å². The molecule has 0 aliphatic carbocycles. The Balaban J connectivity index is 2.19. The van der Waals surface area contributed by atoms with Crippen LogP contribution in [0.4, 0.5) is 5.69 Å². The number of amides is 1. The van der Waals surface area contributed by atoms with E-state index in [1.54, 1.807) is 30.3 Å². The molecule has 6 nitrogen and oxygen atoms in total. The Morgan fingerprint density at radius 1 is 1.29 bits per heavy atom. The predicted octanol–water partition coefficient (Wildman–Crippen LogP) is 2.93. The molecule has 108 valence electrons. The molecule has 0 bridgehead atoms. The molecule has 0 spiro atoms. The van der Waals surface area contributed by atoms with Crippen molar-refractivity contribution < 1.29 is 14.5 Å². The van der Waals surface area contributed by atoms with Crippen LogP contribution in [-0.2, 0) is 6.61 Å². The zero-order valence-electron chi connectivity index (χ0n) is 10.8. The van der Waals surface area contributed by atoms with Crippen LogP contribution in [0.5, 0.6) is 5.75 Å². The molecule has 0 aromatic heterocycles. The highest BCUT2D eigenvalue weighted by Crippen LogP contribution is 2.26. The van der Waals surface area contributed by atoms with Crippen molar-refractivity contribution in [2.24, 2.45) is 5.73 Å². The molecule has 0 radical (unpaired) electrons. The van der Waals surface area contributed by atoms with Crippen molar-refractivity contribution in [2.45, 2.75) is 6.61 Å². The number of hydrogen-bond donors (Lipinski definition) is 1. The molecule has 2 N–H and O–H groups in total. The van der Waals surface area contributed by atoms with Gasteiger partial charge in [0.05, 0.1) is 10.5 Å². The number of carbonyl (C=O) groups excluding carboxylic acids is 1. The molecule has 1 amide bonds. The number of para-hydroxylation sites is 1. The summed E-state index contributed by atoms with van der Waals surface area (Å²) in [6.45, 7) is 0.0578. The Morgan fingerprint density at radius 3 is 2.67 bits per heavy atom. The second-order valence-electron chi connectivity index (χ2n) is 4.19. The molecule has 0 aliphatic rings. The molecular weight excluding hydrogens is 296 g/mol. The first-order valence-corrected chi connectivity index (χ1v) is 6.31. The van der Waals surface area contributed by atoms with Crippen molar-refractivity contribution in [2.75, 3.05) is 0 Å². The maximum absolute atomic E-state index is 11.3. The standard InChI is InChI=1S/C14H11ClN2O4/c15-11-6-5-9(7-12(11)17(19)20)8-21-13-4-2-1-3-10(13)14(16)18/h1-7H,8H2,(H2,16,18). The maximum atomic E-state index is 11.3. The van der Waals surface area contributed by atoms with Crippen LogP contribution < -0.4 is 10.5 Å². The van der Waals surface area contributed by atoms with E-state index >= 15 is 0 Å². The fourth-order valence-electron chi connectivity index (χ4n) is 1.75. The number of hydrogen-bond acceptors (Lipinski definition) is 4. The molecule has 0 saturated heterocycles. The Labute approximate surface area is 125 Å². The van der Waals surface area contributed by atoms with Crippen LogP contribution in [-0.4, -0.2) is 10.8 Å². The van der Waals surface area contributed by atoms with E-state index in [0.717, 1.165) is 0 Å². The number of nitrogens with zero attached hydrogens (tertiary/aromatic N) is 1. The minimum Gasteiger partial charge on any atom is -0.488 e. The number of nitro groups is 1. The zero-order valence-corrected chi connectivity index (χ0v) is 11.5. The lowest BCUT2D eigenvalue weighted by Gasteiger charge is -2.09. The average molecular weight is 307 g/mol. The number of nitrogens with two attached hydrogens (primary N) is 1. The summed E-state index contributed by atoms with van der Waals surface area (Å²) in [5, 5.41) is 10.9. The molecule has 2 rings (SSSR count). The normalized spacial score (nSPS) is 10.1. The predicted molar refractivity (Wildman–Crippen MR) is 77.4 cm³/mol. The van der Waals surface area contributed by atoms with E-state index in [4.69, 9.17) is 22.1 Å². The van der Waals surface area contributed by atoms with Crippen molar-refractivity contribution >= 4 is 23.2 Å². The Kier molecular flexibility index (Phi) is 4.39. The van der Waals surface area contributed by atoms with Crippen LogP contribution in [0.25, 0.3) is 0 Å². The summed E-state index contributed by atoms with van der Waals surface area (Å²) in [4.78, 5) is 21.5. The second-order valence-corrected chi connectivity index (χ2v) is 4.60. The molecule has 2 aromatic rings. The summed E-state index contributed by atoms with van der Waals surface area (Å²) in [5.74, 6) is -0.282. The summed E-state index contributed by atoms with van der Waals surface area (Å²) in [5.41, 5.74) is 5.86. The van der Waals surface area contributed by atoms with E-state index < -0.39 is 10.8 Å². The van der Waals surface area contributed by atoms with E-state index in [1.165, 1.54) is 12.1 Å².